The van der Waals surface area contributed by atoms with E-state index in [2.05, 4.69) is 0 Å². The SMILES string of the molecule is Clc1ccc2[o+]cccc2c1.[O-][Cl+3]([O-])([O-])[O-]. The summed E-state index contributed by atoms with van der Waals surface area (Å²) < 4.78 is 39.2. The summed E-state index contributed by atoms with van der Waals surface area (Å²) in [6, 6.07) is 9.36. The molecule has 0 spiro atoms. The zero-order valence-electron chi connectivity index (χ0n) is 7.76. The Balaban J connectivity index is 0.000000221. The third-order valence-electron chi connectivity index (χ3n) is 1.52. The molecule has 16 heavy (non-hydrogen) atoms. The first-order valence-corrected chi connectivity index (χ1v) is 5.55. The van der Waals surface area contributed by atoms with Crippen LogP contribution in [-0.4, -0.2) is 0 Å². The van der Waals surface area contributed by atoms with Gasteiger partial charge in [0, 0.05) is 17.2 Å². The van der Waals surface area contributed by atoms with Crippen molar-refractivity contribution in [3.63, 3.8) is 0 Å². The number of halogens is 2. The largest absolute Gasteiger partial charge is 0.359 e. The number of hydrogen-bond donors (Lipinski definition) is 0. The highest BCUT2D eigenvalue weighted by atomic mass is 35.7. The Morgan fingerprint density at radius 2 is 1.69 bits per heavy atom. The summed E-state index contributed by atoms with van der Waals surface area (Å²) in [5.41, 5.74) is 0.858. The molecule has 1 heterocycles. The van der Waals surface area contributed by atoms with E-state index in [1.807, 2.05) is 30.3 Å². The molecule has 0 radical (unpaired) electrons. The first kappa shape index (κ1) is 13.1. The summed E-state index contributed by atoms with van der Waals surface area (Å²) in [4.78, 5) is 0. The van der Waals surface area contributed by atoms with Crippen LogP contribution in [0.4, 0.5) is 0 Å². The van der Waals surface area contributed by atoms with Crippen molar-refractivity contribution in [3.8, 4) is 0 Å². The minimum atomic E-state index is -4.94. The molecule has 0 fully saturated rings. The molecule has 0 aliphatic heterocycles. The Kier molecular flexibility index (Phi) is 4.43. The van der Waals surface area contributed by atoms with E-state index in [4.69, 9.17) is 34.7 Å². The second kappa shape index (κ2) is 5.40. The van der Waals surface area contributed by atoms with Gasteiger partial charge in [-0.25, -0.2) is 23.1 Å². The van der Waals surface area contributed by atoms with Crippen molar-refractivity contribution in [2.75, 3.05) is 0 Å². The smallest absolute Gasteiger partial charge is 0.222 e. The Labute approximate surface area is 97.9 Å². The zero-order valence-corrected chi connectivity index (χ0v) is 9.27. The lowest BCUT2D eigenvalue weighted by atomic mass is 10.2. The van der Waals surface area contributed by atoms with Crippen LogP contribution in [0, 0.1) is 10.2 Å². The van der Waals surface area contributed by atoms with Crippen LogP contribution in [0.25, 0.3) is 11.0 Å². The molecule has 2 rings (SSSR count). The van der Waals surface area contributed by atoms with Crippen LogP contribution in [0.1, 0.15) is 0 Å². The van der Waals surface area contributed by atoms with Gasteiger partial charge in [0.05, 0.1) is 5.39 Å². The fraction of sp³-hybridized carbons (Fsp3) is 0. The number of benzene rings is 1. The summed E-state index contributed by atoms with van der Waals surface area (Å²) >= 11 is 5.78. The Morgan fingerprint density at radius 3 is 2.31 bits per heavy atom. The zero-order chi connectivity index (χ0) is 12.2. The van der Waals surface area contributed by atoms with Gasteiger partial charge in [-0.15, -0.1) is 10.2 Å². The predicted molar refractivity (Wildman–Crippen MR) is 45.6 cm³/mol. The van der Waals surface area contributed by atoms with Gasteiger partial charge in [0.15, 0.2) is 0 Å². The third-order valence-corrected chi connectivity index (χ3v) is 1.76. The fourth-order valence-electron chi connectivity index (χ4n) is 1.01. The minimum absolute atomic E-state index is 0.735. The first-order valence-electron chi connectivity index (χ1n) is 3.94. The lowest BCUT2D eigenvalue weighted by Gasteiger charge is -2.17. The summed E-state index contributed by atoms with van der Waals surface area (Å²) in [7, 11) is -4.94. The molecular formula is C9H6Cl2O5. The summed E-state index contributed by atoms with van der Waals surface area (Å²) in [5.74, 6) is 0. The molecular weight excluding hydrogens is 259 g/mol. The summed E-state index contributed by atoms with van der Waals surface area (Å²) in [6.45, 7) is 0. The van der Waals surface area contributed by atoms with E-state index in [0.29, 0.717) is 0 Å². The van der Waals surface area contributed by atoms with Crippen molar-refractivity contribution in [2.24, 2.45) is 0 Å². The van der Waals surface area contributed by atoms with Crippen LogP contribution >= 0.6 is 11.6 Å². The summed E-state index contributed by atoms with van der Waals surface area (Å²) in [6.07, 6.45) is 1.65. The van der Waals surface area contributed by atoms with Crippen LogP contribution in [0.3, 0.4) is 0 Å². The average Bonchev–Trinajstić information content (AvgIpc) is 2.15. The molecule has 0 aliphatic rings. The van der Waals surface area contributed by atoms with E-state index in [1.54, 1.807) is 6.26 Å². The van der Waals surface area contributed by atoms with E-state index in [-0.39, 0.29) is 0 Å². The number of fused-ring (bicyclic) bond motifs is 1. The van der Waals surface area contributed by atoms with E-state index in [1.165, 1.54) is 0 Å². The third kappa shape index (κ3) is 5.22. The molecule has 5 nitrogen and oxygen atoms in total. The molecule has 0 unspecified atom stereocenters. The fourth-order valence-corrected chi connectivity index (χ4v) is 1.19. The van der Waals surface area contributed by atoms with Crippen LogP contribution < -0.4 is 18.6 Å². The molecule has 86 valence electrons. The average molecular weight is 265 g/mol. The highest BCUT2D eigenvalue weighted by Crippen LogP contribution is 2.18. The second-order valence-electron chi connectivity index (χ2n) is 2.67. The molecule has 0 aliphatic carbocycles. The monoisotopic (exact) mass is 264 g/mol. The van der Waals surface area contributed by atoms with Crippen molar-refractivity contribution < 1.29 is 33.3 Å². The van der Waals surface area contributed by atoms with Crippen molar-refractivity contribution >= 4 is 22.6 Å². The Hall–Kier alpha value is -0.950. The normalized spacial score (nSPS) is 10.8. The lowest BCUT2D eigenvalue weighted by molar-refractivity contribution is -2.00. The van der Waals surface area contributed by atoms with Crippen LogP contribution in [0.5, 0.6) is 0 Å². The maximum absolute atomic E-state index is 8.49. The van der Waals surface area contributed by atoms with E-state index in [0.717, 1.165) is 16.0 Å². The van der Waals surface area contributed by atoms with Crippen LogP contribution in [0.15, 0.2) is 41.0 Å². The number of rotatable bonds is 0. The van der Waals surface area contributed by atoms with Crippen LogP contribution in [0.2, 0.25) is 5.02 Å². The highest BCUT2D eigenvalue weighted by molar-refractivity contribution is 6.31. The van der Waals surface area contributed by atoms with Gasteiger partial charge < -0.3 is 0 Å². The maximum Gasteiger partial charge on any atom is 0.359 e. The van der Waals surface area contributed by atoms with Gasteiger partial charge >= 0.3 is 11.8 Å². The molecule has 1 aromatic heterocycles. The van der Waals surface area contributed by atoms with Crippen molar-refractivity contribution in [1.82, 2.24) is 0 Å². The van der Waals surface area contributed by atoms with Gasteiger partial charge in [0.1, 0.15) is 0 Å². The molecule has 0 amide bonds. The summed E-state index contributed by atoms with van der Waals surface area (Å²) in [5, 5.41) is 1.76. The molecule has 0 atom stereocenters. The molecule has 0 bridgehead atoms. The number of hydrogen-bond acceptors (Lipinski definition) is 4. The Morgan fingerprint density at radius 1 is 1.06 bits per heavy atom. The molecule has 0 N–H and O–H groups in total. The topological polar surface area (TPSA) is 104 Å². The predicted octanol–water partition coefficient (Wildman–Crippen LogP) is -1.39. The van der Waals surface area contributed by atoms with E-state index in [9.17, 15) is 0 Å². The van der Waals surface area contributed by atoms with E-state index < -0.39 is 10.2 Å². The van der Waals surface area contributed by atoms with Gasteiger partial charge in [0.25, 0.3) is 0 Å². The standard InChI is InChI=1S/C9H6ClO.ClHO4/c10-8-3-4-9-7(6-8)2-1-5-11-9;2-1(3,4)5/h1-6H;(H,2,3,4,5)/q+1;/p-1. The van der Waals surface area contributed by atoms with Gasteiger partial charge in [-0.3, -0.25) is 0 Å². The molecule has 0 saturated carbocycles. The van der Waals surface area contributed by atoms with Gasteiger partial charge in [0.2, 0.25) is 0 Å². The highest BCUT2D eigenvalue weighted by Gasteiger charge is 2.02. The molecule has 1 aromatic carbocycles. The van der Waals surface area contributed by atoms with Crippen molar-refractivity contribution in [2.45, 2.75) is 0 Å². The van der Waals surface area contributed by atoms with Crippen molar-refractivity contribution in [3.05, 3.63) is 41.6 Å². The second-order valence-corrected chi connectivity index (χ2v) is 3.87. The van der Waals surface area contributed by atoms with Gasteiger partial charge in [-0.2, -0.15) is 0 Å². The van der Waals surface area contributed by atoms with Gasteiger partial charge in [-0.1, -0.05) is 11.6 Å². The molecule has 0 saturated heterocycles. The quantitative estimate of drug-likeness (QED) is 0.545. The van der Waals surface area contributed by atoms with Crippen molar-refractivity contribution in [1.29, 1.82) is 0 Å². The van der Waals surface area contributed by atoms with Crippen LogP contribution in [-0.2, 0) is 0 Å². The maximum atomic E-state index is 8.49. The lowest BCUT2D eigenvalue weighted by Crippen LogP contribution is -2.68. The Bertz CT molecular complexity index is 463. The minimum Gasteiger partial charge on any atom is -0.222 e. The molecule has 7 heteroatoms. The van der Waals surface area contributed by atoms with E-state index >= 15 is 0 Å². The van der Waals surface area contributed by atoms with Gasteiger partial charge in [-0.05, 0) is 18.2 Å². The first-order chi connectivity index (χ1) is 7.36. The molecule has 2 aromatic rings.